The molecule has 1 aliphatic rings. The van der Waals surface area contributed by atoms with Gasteiger partial charge in [0.25, 0.3) is 0 Å². The van der Waals surface area contributed by atoms with Crippen LogP contribution in [0.25, 0.3) is 0 Å². The topological polar surface area (TPSA) is 84.7 Å². The maximum atomic E-state index is 12.6. The van der Waals surface area contributed by atoms with Crippen molar-refractivity contribution in [3.63, 3.8) is 0 Å². The zero-order valence-electron chi connectivity index (χ0n) is 17.1. The molecule has 0 spiro atoms. The summed E-state index contributed by atoms with van der Waals surface area (Å²) in [5.74, 6) is -1.22. The molecule has 1 fully saturated rings. The Morgan fingerprint density at radius 2 is 1.93 bits per heavy atom. The molecule has 0 saturated carbocycles. The zero-order chi connectivity index (χ0) is 22.0. The Kier molecular flexibility index (Phi) is 7.06. The van der Waals surface area contributed by atoms with Crippen LogP contribution in [0.5, 0.6) is 0 Å². The number of carbonyl (C=O) groups is 2. The van der Waals surface area contributed by atoms with Crippen molar-refractivity contribution in [3.8, 4) is 0 Å². The molecule has 1 aromatic carbocycles. The van der Waals surface area contributed by atoms with Gasteiger partial charge in [-0.25, -0.2) is 9.88 Å². The monoisotopic (exact) mass is 453 g/mol. The van der Waals surface area contributed by atoms with Crippen molar-refractivity contribution in [1.29, 1.82) is 0 Å². The number of ether oxygens (including phenoxy) is 1. The van der Waals surface area contributed by atoms with Gasteiger partial charge in [0.1, 0.15) is 12.1 Å². The molecule has 3 unspecified atom stereocenters. The molecule has 3 rings (SSSR count). The van der Waals surface area contributed by atoms with E-state index in [1.807, 2.05) is 30.5 Å². The largest absolute Gasteiger partial charge is 0.480 e. The summed E-state index contributed by atoms with van der Waals surface area (Å²) in [5.41, 5.74) is 1.69. The van der Waals surface area contributed by atoms with Gasteiger partial charge in [-0.2, -0.15) is 0 Å². The minimum Gasteiger partial charge on any atom is -0.480 e. The van der Waals surface area contributed by atoms with Crippen LogP contribution in [0.1, 0.15) is 38.4 Å². The number of nitrogens with zero attached hydrogens (tertiary/aromatic N) is 3. The van der Waals surface area contributed by atoms with Gasteiger partial charge in [-0.1, -0.05) is 37.0 Å². The molecule has 0 aliphatic carbocycles. The first kappa shape index (κ1) is 22.6. The number of aliphatic carboxylic acids is 1. The second-order valence-electron chi connectivity index (χ2n) is 7.98. The molecule has 7 nitrogen and oxygen atoms in total. The van der Waals surface area contributed by atoms with E-state index in [0.29, 0.717) is 29.4 Å². The van der Waals surface area contributed by atoms with Gasteiger partial charge in [0.2, 0.25) is 0 Å². The molecule has 9 heteroatoms. The summed E-state index contributed by atoms with van der Waals surface area (Å²) in [7, 11) is 0. The number of hydrogen-bond acceptors (Lipinski definition) is 5. The minimum absolute atomic E-state index is 0.160. The SMILES string of the molecule is CC(C)CC(C(=O)O)N1C(C)OC(=O)C1Cc1cncn1Cc1cc(Cl)cc(Cl)c1. The molecule has 2 heterocycles. The molecule has 1 aromatic heterocycles. The van der Waals surface area contributed by atoms with Gasteiger partial charge >= 0.3 is 11.9 Å². The highest BCUT2D eigenvalue weighted by Gasteiger charge is 2.46. The van der Waals surface area contributed by atoms with Crippen LogP contribution < -0.4 is 0 Å². The number of cyclic esters (lactones) is 1. The van der Waals surface area contributed by atoms with E-state index in [1.54, 1.807) is 30.4 Å². The molecule has 162 valence electrons. The first-order valence-corrected chi connectivity index (χ1v) is 10.6. The fourth-order valence-electron chi connectivity index (χ4n) is 3.90. The fraction of sp³-hybridized carbons (Fsp3) is 0.476. The van der Waals surface area contributed by atoms with Gasteiger partial charge in [-0.3, -0.25) is 9.59 Å². The molecule has 2 aromatic rings. The van der Waals surface area contributed by atoms with Gasteiger partial charge in [-0.05, 0) is 43.0 Å². The normalized spacial score (nSPS) is 20.5. The first-order valence-electron chi connectivity index (χ1n) is 9.80. The fourth-order valence-corrected chi connectivity index (χ4v) is 4.47. The van der Waals surface area contributed by atoms with Crippen LogP contribution in [-0.4, -0.2) is 49.8 Å². The van der Waals surface area contributed by atoms with Crippen LogP contribution in [0.15, 0.2) is 30.7 Å². The van der Waals surface area contributed by atoms with Gasteiger partial charge in [0.05, 0.1) is 6.33 Å². The molecular formula is C21H25Cl2N3O4. The van der Waals surface area contributed by atoms with Crippen molar-refractivity contribution in [2.45, 2.75) is 58.5 Å². The second-order valence-corrected chi connectivity index (χ2v) is 8.85. The summed E-state index contributed by atoms with van der Waals surface area (Å²) in [5, 5.41) is 10.9. The van der Waals surface area contributed by atoms with E-state index in [1.165, 1.54) is 0 Å². The van der Waals surface area contributed by atoms with Crippen molar-refractivity contribution >= 4 is 35.1 Å². The van der Waals surface area contributed by atoms with E-state index in [2.05, 4.69) is 4.98 Å². The summed E-state index contributed by atoms with van der Waals surface area (Å²) in [6, 6.07) is 3.80. The molecule has 0 amide bonds. The predicted molar refractivity (Wildman–Crippen MR) is 114 cm³/mol. The highest BCUT2D eigenvalue weighted by Crippen LogP contribution is 2.28. The number of carboxylic acids is 1. The van der Waals surface area contributed by atoms with Gasteiger partial charge < -0.3 is 14.4 Å². The van der Waals surface area contributed by atoms with E-state index >= 15 is 0 Å². The van der Waals surface area contributed by atoms with E-state index < -0.39 is 30.3 Å². The number of rotatable bonds is 8. The second kappa shape index (κ2) is 9.37. The Morgan fingerprint density at radius 1 is 1.27 bits per heavy atom. The molecule has 30 heavy (non-hydrogen) atoms. The number of carbonyl (C=O) groups excluding carboxylic acids is 1. The summed E-state index contributed by atoms with van der Waals surface area (Å²) in [4.78, 5) is 30.4. The van der Waals surface area contributed by atoms with Crippen molar-refractivity contribution in [2.75, 3.05) is 0 Å². The van der Waals surface area contributed by atoms with Crippen molar-refractivity contribution in [1.82, 2.24) is 14.5 Å². The Hall–Kier alpha value is -2.09. The Morgan fingerprint density at radius 3 is 2.53 bits per heavy atom. The number of benzene rings is 1. The summed E-state index contributed by atoms with van der Waals surface area (Å²) in [6.45, 7) is 6.10. The van der Waals surface area contributed by atoms with E-state index in [4.69, 9.17) is 27.9 Å². The van der Waals surface area contributed by atoms with E-state index in [-0.39, 0.29) is 5.92 Å². The number of imidazole rings is 1. The van der Waals surface area contributed by atoms with Crippen molar-refractivity contribution < 1.29 is 19.4 Å². The third-order valence-electron chi connectivity index (χ3n) is 5.15. The van der Waals surface area contributed by atoms with E-state index in [9.17, 15) is 14.7 Å². The Labute approximate surface area is 185 Å². The maximum absolute atomic E-state index is 12.6. The molecule has 0 bridgehead atoms. The maximum Gasteiger partial charge on any atom is 0.325 e. The highest BCUT2D eigenvalue weighted by atomic mass is 35.5. The number of carboxylic acid groups (broad SMARTS) is 1. The minimum atomic E-state index is -0.957. The van der Waals surface area contributed by atoms with Crippen molar-refractivity contribution in [2.24, 2.45) is 5.92 Å². The lowest BCUT2D eigenvalue weighted by Gasteiger charge is -2.31. The summed E-state index contributed by atoms with van der Waals surface area (Å²) < 4.78 is 7.29. The lowest BCUT2D eigenvalue weighted by molar-refractivity contribution is -0.148. The van der Waals surface area contributed by atoms with E-state index in [0.717, 1.165) is 11.3 Å². The smallest absolute Gasteiger partial charge is 0.325 e. The lowest BCUT2D eigenvalue weighted by atomic mass is 9.99. The average Bonchev–Trinajstić information content (AvgIpc) is 3.16. The number of hydrogen-bond donors (Lipinski definition) is 1. The van der Waals surface area contributed by atoms with Crippen LogP contribution >= 0.6 is 23.2 Å². The summed E-state index contributed by atoms with van der Waals surface area (Å²) in [6.07, 6.45) is 3.46. The standard InChI is InChI=1S/C21H25Cl2N3O4/c1-12(2)4-18(20(27)28)26-13(3)30-21(29)19(26)8-17-9-24-11-25(17)10-14-5-15(22)7-16(23)6-14/h5-7,9,11-13,18-19H,4,8,10H2,1-3H3,(H,27,28). The van der Waals surface area contributed by atoms with Crippen LogP contribution in [-0.2, 0) is 27.3 Å². The molecular weight excluding hydrogens is 429 g/mol. The number of aromatic nitrogens is 2. The van der Waals surface area contributed by atoms with Gasteiger partial charge in [-0.15, -0.1) is 0 Å². The third-order valence-corrected chi connectivity index (χ3v) is 5.59. The van der Waals surface area contributed by atoms with Crippen molar-refractivity contribution in [3.05, 3.63) is 52.0 Å². The Bertz CT molecular complexity index is 910. The molecule has 1 saturated heterocycles. The highest BCUT2D eigenvalue weighted by molar-refractivity contribution is 6.34. The summed E-state index contributed by atoms with van der Waals surface area (Å²) >= 11 is 12.2. The van der Waals surface area contributed by atoms with Crippen LogP contribution in [0.3, 0.4) is 0 Å². The van der Waals surface area contributed by atoms with Gasteiger partial charge in [0, 0.05) is 34.9 Å². The number of halogens is 2. The Balaban J connectivity index is 1.84. The lowest BCUT2D eigenvalue weighted by Crippen LogP contribution is -2.50. The molecule has 0 radical (unpaired) electrons. The van der Waals surface area contributed by atoms with Crippen LogP contribution in [0.2, 0.25) is 10.0 Å². The van der Waals surface area contributed by atoms with Crippen LogP contribution in [0.4, 0.5) is 0 Å². The first-order chi connectivity index (χ1) is 14.2. The average molecular weight is 454 g/mol. The third kappa shape index (κ3) is 5.14. The zero-order valence-corrected chi connectivity index (χ0v) is 18.6. The number of esters is 1. The van der Waals surface area contributed by atoms with Crippen LogP contribution in [0, 0.1) is 5.92 Å². The molecule has 1 aliphatic heterocycles. The molecule has 1 N–H and O–H groups in total. The van der Waals surface area contributed by atoms with Gasteiger partial charge in [0.15, 0.2) is 6.23 Å². The predicted octanol–water partition coefficient (Wildman–Crippen LogP) is 3.85. The quantitative estimate of drug-likeness (QED) is 0.610. The molecule has 3 atom stereocenters.